The van der Waals surface area contributed by atoms with E-state index in [1.165, 1.54) is 18.2 Å². The van der Waals surface area contributed by atoms with E-state index >= 15 is 0 Å². The van der Waals surface area contributed by atoms with Crippen molar-refractivity contribution < 1.29 is 19.0 Å². The predicted molar refractivity (Wildman–Crippen MR) is 61.9 cm³/mol. The third-order valence-electron chi connectivity index (χ3n) is 2.76. The summed E-state index contributed by atoms with van der Waals surface area (Å²) >= 11 is 5.65. The number of benzene rings is 1. The molecule has 3 unspecified atom stereocenters. The molecule has 0 radical (unpaired) electrons. The van der Waals surface area contributed by atoms with Gasteiger partial charge < -0.3 is 14.6 Å². The molecule has 0 heterocycles. The van der Waals surface area contributed by atoms with Gasteiger partial charge in [-0.25, -0.2) is 4.39 Å². The summed E-state index contributed by atoms with van der Waals surface area (Å²) in [6.07, 6.45) is -0.495. The normalized spacial score (nSPS) is 27.6. The van der Waals surface area contributed by atoms with Crippen molar-refractivity contribution in [1.29, 1.82) is 0 Å². The van der Waals surface area contributed by atoms with Gasteiger partial charge >= 0.3 is 0 Å². The summed E-state index contributed by atoms with van der Waals surface area (Å²) in [5.41, 5.74) is 0. The minimum Gasteiger partial charge on any atom is -0.487 e. The van der Waals surface area contributed by atoms with Crippen LogP contribution < -0.4 is 4.74 Å². The van der Waals surface area contributed by atoms with E-state index in [-0.39, 0.29) is 17.2 Å². The van der Waals surface area contributed by atoms with Crippen LogP contribution in [-0.4, -0.2) is 30.0 Å². The molecule has 2 rings (SSSR count). The second-order valence-corrected chi connectivity index (χ2v) is 4.36. The predicted octanol–water partition coefficient (Wildman–Crippen LogP) is 2.40. The molecule has 1 aromatic carbocycles. The van der Waals surface area contributed by atoms with Crippen molar-refractivity contribution >= 4 is 11.6 Å². The van der Waals surface area contributed by atoms with Crippen molar-refractivity contribution in [1.82, 2.24) is 0 Å². The van der Waals surface area contributed by atoms with Crippen molar-refractivity contribution in [3.63, 3.8) is 0 Å². The molecular formula is C12H14ClFO3. The van der Waals surface area contributed by atoms with Crippen molar-refractivity contribution in [3.05, 3.63) is 29.0 Å². The lowest BCUT2D eigenvalue weighted by atomic mass is 9.88. The van der Waals surface area contributed by atoms with Crippen LogP contribution in [0.4, 0.5) is 4.39 Å². The van der Waals surface area contributed by atoms with Crippen molar-refractivity contribution in [2.24, 2.45) is 0 Å². The minimum absolute atomic E-state index is 0.0235. The minimum atomic E-state index is -0.490. The smallest absolute Gasteiger partial charge is 0.142 e. The van der Waals surface area contributed by atoms with Crippen LogP contribution in [0.5, 0.6) is 5.75 Å². The molecule has 0 aromatic heterocycles. The fourth-order valence-electron chi connectivity index (χ4n) is 1.81. The van der Waals surface area contributed by atoms with E-state index in [4.69, 9.17) is 21.1 Å². The summed E-state index contributed by atoms with van der Waals surface area (Å²) in [4.78, 5) is 0. The van der Waals surface area contributed by atoms with Gasteiger partial charge in [-0.3, -0.25) is 0 Å². The second-order valence-electron chi connectivity index (χ2n) is 3.96. The first-order chi connectivity index (χ1) is 8.11. The number of aliphatic hydroxyl groups is 1. The van der Waals surface area contributed by atoms with Crippen LogP contribution in [0.3, 0.4) is 0 Å². The molecule has 0 amide bonds. The highest BCUT2D eigenvalue weighted by Gasteiger charge is 2.42. The molecule has 1 aliphatic carbocycles. The van der Waals surface area contributed by atoms with Gasteiger partial charge in [0.05, 0.1) is 11.1 Å². The second kappa shape index (κ2) is 5.21. The fourth-order valence-corrected chi connectivity index (χ4v) is 1.98. The zero-order chi connectivity index (χ0) is 12.4. The first-order valence-electron chi connectivity index (χ1n) is 5.53. The van der Waals surface area contributed by atoms with E-state index in [1.54, 1.807) is 0 Å². The number of rotatable bonds is 4. The average Bonchev–Trinajstić information content (AvgIpc) is 2.30. The summed E-state index contributed by atoms with van der Waals surface area (Å²) in [5.74, 6) is 0.00650. The van der Waals surface area contributed by atoms with Crippen LogP contribution in [0.15, 0.2) is 18.2 Å². The Morgan fingerprint density at radius 1 is 1.53 bits per heavy atom. The first-order valence-corrected chi connectivity index (χ1v) is 5.91. The van der Waals surface area contributed by atoms with Gasteiger partial charge in [0, 0.05) is 19.1 Å². The molecule has 0 saturated heterocycles. The number of aliphatic hydroxyl groups excluding tert-OH is 1. The lowest BCUT2D eigenvalue weighted by Gasteiger charge is -2.40. The van der Waals surface area contributed by atoms with Gasteiger partial charge in [-0.05, 0) is 19.1 Å². The van der Waals surface area contributed by atoms with Gasteiger partial charge in [0.25, 0.3) is 0 Å². The van der Waals surface area contributed by atoms with E-state index < -0.39 is 11.9 Å². The highest BCUT2D eigenvalue weighted by Crippen LogP contribution is 2.30. The SMILES string of the molecule is CCOC1C(O)CC1Oc1ccc(F)c(Cl)c1. The van der Waals surface area contributed by atoms with Gasteiger partial charge in [0.1, 0.15) is 23.8 Å². The number of hydrogen-bond donors (Lipinski definition) is 1. The number of ether oxygens (including phenoxy) is 2. The molecule has 3 nitrogen and oxygen atoms in total. The van der Waals surface area contributed by atoms with Crippen LogP contribution in [0.25, 0.3) is 0 Å². The molecule has 0 aliphatic heterocycles. The topological polar surface area (TPSA) is 38.7 Å². The maximum atomic E-state index is 12.9. The molecule has 3 atom stereocenters. The van der Waals surface area contributed by atoms with E-state index in [9.17, 15) is 9.50 Å². The van der Waals surface area contributed by atoms with Crippen LogP contribution in [0, 0.1) is 5.82 Å². The lowest BCUT2D eigenvalue weighted by molar-refractivity contribution is -0.160. The van der Waals surface area contributed by atoms with Crippen molar-refractivity contribution in [2.45, 2.75) is 31.7 Å². The van der Waals surface area contributed by atoms with Crippen LogP contribution in [0.2, 0.25) is 5.02 Å². The lowest BCUT2D eigenvalue weighted by Crippen LogP contribution is -2.55. The zero-order valence-electron chi connectivity index (χ0n) is 9.40. The molecule has 94 valence electrons. The quantitative estimate of drug-likeness (QED) is 0.904. The Bertz CT molecular complexity index is 399. The fraction of sp³-hybridized carbons (Fsp3) is 0.500. The molecular weight excluding hydrogens is 247 g/mol. The summed E-state index contributed by atoms with van der Waals surface area (Å²) in [6, 6.07) is 4.18. The van der Waals surface area contributed by atoms with Crippen molar-refractivity contribution in [3.8, 4) is 5.75 Å². The van der Waals surface area contributed by atoms with Gasteiger partial charge in [-0.1, -0.05) is 11.6 Å². The molecule has 17 heavy (non-hydrogen) atoms. The van der Waals surface area contributed by atoms with Gasteiger partial charge in [0.15, 0.2) is 0 Å². The molecule has 1 saturated carbocycles. The first kappa shape index (κ1) is 12.6. The largest absolute Gasteiger partial charge is 0.487 e. The Balaban J connectivity index is 1.99. The molecule has 0 bridgehead atoms. The maximum absolute atomic E-state index is 12.9. The molecule has 0 spiro atoms. The van der Waals surface area contributed by atoms with E-state index in [1.807, 2.05) is 6.92 Å². The van der Waals surface area contributed by atoms with Crippen molar-refractivity contribution in [2.75, 3.05) is 6.61 Å². The number of halogens is 2. The zero-order valence-corrected chi connectivity index (χ0v) is 10.2. The Labute approximate surface area is 104 Å². The monoisotopic (exact) mass is 260 g/mol. The summed E-state index contributed by atoms with van der Waals surface area (Å²) in [6.45, 7) is 2.38. The van der Waals surface area contributed by atoms with Gasteiger partial charge in [-0.15, -0.1) is 0 Å². The van der Waals surface area contributed by atoms with Crippen LogP contribution >= 0.6 is 11.6 Å². The Morgan fingerprint density at radius 2 is 2.29 bits per heavy atom. The van der Waals surface area contributed by atoms with E-state index in [0.29, 0.717) is 18.8 Å². The molecule has 5 heteroatoms. The van der Waals surface area contributed by atoms with E-state index in [0.717, 1.165) is 0 Å². The highest BCUT2D eigenvalue weighted by molar-refractivity contribution is 6.30. The molecule has 1 N–H and O–H groups in total. The Morgan fingerprint density at radius 3 is 2.88 bits per heavy atom. The van der Waals surface area contributed by atoms with Crippen LogP contribution in [-0.2, 0) is 4.74 Å². The van der Waals surface area contributed by atoms with Gasteiger partial charge in [0.2, 0.25) is 0 Å². The third-order valence-corrected chi connectivity index (χ3v) is 3.05. The van der Waals surface area contributed by atoms with Gasteiger partial charge in [-0.2, -0.15) is 0 Å². The Kier molecular flexibility index (Phi) is 3.86. The van der Waals surface area contributed by atoms with Crippen LogP contribution in [0.1, 0.15) is 13.3 Å². The molecule has 1 fully saturated rings. The highest BCUT2D eigenvalue weighted by atomic mass is 35.5. The summed E-state index contributed by atoms with van der Waals surface area (Å²) in [5, 5.41) is 9.52. The third kappa shape index (κ3) is 2.70. The summed E-state index contributed by atoms with van der Waals surface area (Å²) in [7, 11) is 0. The average molecular weight is 261 g/mol. The Hall–Kier alpha value is -0.840. The number of hydrogen-bond acceptors (Lipinski definition) is 3. The maximum Gasteiger partial charge on any atom is 0.142 e. The van der Waals surface area contributed by atoms with E-state index in [2.05, 4.69) is 0 Å². The standard InChI is InChI=1S/C12H14ClFO3/c1-2-16-12-10(15)6-11(12)17-7-3-4-9(14)8(13)5-7/h3-5,10-12,15H,2,6H2,1H3. The molecule has 1 aliphatic rings. The molecule has 1 aromatic rings. The summed E-state index contributed by atoms with van der Waals surface area (Å²) < 4.78 is 23.9.